The van der Waals surface area contributed by atoms with Crippen molar-refractivity contribution in [3.8, 4) is 0 Å². The molecule has 0 radical (unpaired) electrons. The maximum absolute atomic E-state index is 14.2. The standard InChI is InChI=1S/C23H25F2N3O2S2/c1-2-31-18-6-4-16(5-7-18)22(29)28(9-3-8-27-10-12-30-13-11-27)23-26-21-19(25)14-17(24)15-20(21)32-23/h4-7,14-15H,2-3,8-13H2,1H3. The summed E-state index contributed by atoms with van der Waals surface area (Å²) < 4.78 is 33.7. The molecule has 3 aromatic rings. The van der Waals surface area contributed by atoms with Gasteiger partial charge in [0, 0.05) is 42.7 Å². The lowest BCUT2D eigenvalue weighted by Crippen LogP contribution is -2.39. The first-order valence-corrected chi connectivity index (χ1v) is 12.5. The van der Waals surface area contributed by atoms with E-state index in [1.807, 2.05) is 24.3 Å². The predicted molar refractivity (Wildman–Crippen MR) is 126 cm³/mol. The molecule has 0 atom stereocenters. The summed E-state index contributed by atoms with van der Waals surface area (Å²) in [7, 11) is 0. The van der Waals surface area contributed by atoms with Crippen molar-refractivity contribution < 1.29 is 18.3 Å². The van der Waals surface area contributed by atoms with Crippen LogP contribution in [0, 0.1) is 11.6 Å². The Labute approximate surface area is 194 Å². The van der Waals surface area contributed by atoms with Crippen LogP contribution in [0.15, 0.2) is 41.3 Å². The monoisotopic (exact) mass is 477 g/mol. The first-order chi connectivity index (χ1) is 15.5. The molecule has 0 N–H and O–H groups in total. The van der Waals surface area contributed by atoms with Gasteiger partial charge >= 0.3 is 0 Å². The maximum Gasteiger partial charge on any atom is 0.260 e. The number of rotatable bonds is 8. The minimum Gasteiger partial charge on any atom is -0.379 e. The lowest BCUT2D eigenvalue weighted by Gasteiger charge is -2.27. The van der Waals surface area contributed by atoms with Gasteiger partial charge in [-0.2, -0.15) is 0 Å². The van der Waals surface area contributed by atoms with Gasteiger partial charge in [0.2, 0.25) is 0 Å². The number of thioether (sulfide) groups is 1. The molecular formula is C23H25F2N3O2S2. The lowest BCUT2D eigenvalue weighted by atomic mass is 10.2. The van der Waals surface area contributed by atoms with Crippen LogP contribution in [0.4, 0.5) is 13.9 Å². The average molecular weight is 478 g/mol. The number of nitrogens with zero attached hydrogens (tertiary/aromatic N) is 3. The zero-order valence-corrected chi connectivity index (χ0v) is 19.5. The highest BCUT2D eigenvalue weighted by Crippen LogP contribution is 2.32. The molecule has 1 amide bonds. The van der Waals surface area contributed by atoms with E-state index in [2.05, 4.69) is 16.8 Å². The number of carbonyl (C=O) groups excluding carboxylic acids is 1. The summed E-state index contributed by atoms with van der Waals surface area (Å²) in [6.45, 7) is 6.51. The summed E-state index contributed by atoms with van der Waals surface area (Å²) in [6, 6.07) is 9.56. The number of anilines is 1. The molecule has 1 aromatic heterocycles. The number of benzene rings is 2. The van der Waals surface area contributed by atoms with Crippen molar-refractivity contribution in [1.82, 2.24) is 9.88 Å². The molecule has 9 heteroatoms. The van der Waals surface area contributed by atoms with Crippen molar-refractivity contribution in [1.29, 1.82) is 0 Å². The van der Waals surface area contributed by atoms with Gasteiger partial charge < -0.3 is 4.74 Å². The Morgan fingerprint density at radius 1 is 1.22 bits per heavy atom. The normalized spacial score (nSPS) is 14.7. The zero-order valence-electron chi connectivity index (χ0n) is 17.9. The first-order valence-electron chi connectivity index (χ1n) is 10.7. The fourth-order valence-electron chi connectivity index (χ4n) is 3.64. The van der Waals surface area contributed by atoms with E-state index in [0.29, 0.717) is 35.2 Å². The van der Waals surface area contributed by atoms with Gasteiger partial charge in [-0.05, 0) is 42.5 Å². The molecule has 1 saturated heterocycles. The van der Waals surface area contributed by atoms with Gasteiger partial charge in [0.15, 0.2) is 10.9 Å². The summed E-state index contributed by atoms with van der Waals surface area (Å²) in [5, 5.41) is 0.378. The Hall–Kier alpha value is -2.07. The molecule has 0 aliphatic carbocycles. The van der Waals surface area contributed by atoms with Gasteiger partial charge in [-0.25, -0.2) is 13.8 Å². The molecule has 0 unspecified atom stereocenters. The van der Waals surface area contributed by atoms with Crippen LogP contribution in [0.3, 0.4) is 0 Å². The lowest BCUT2D eigenvalue weighted by molar-refractivity contribution is 0.0376. The molecule has 0 saturated carbocycles. The van der Waals surface area contributed by atoms with Crippen LogP contribution in [0.5, 0.6) is 0 Å². The molecule has 1 aliphatic heterocycles. The van der Waals surface area contributed by atoms with E-state index in [1.54, 1.807) is 16.7 Å². The molecule has 2 heterocycles. The molecular weight excluding hydrogens is 452 g/mol. The first kappa shape index (κ1) is 23.1. The highest BCUT2D eigenvalue weighted by atomic mass is 32.2. The number of thiazole rings is 1. The molecule has 1 fully saturated rings. The van der Waals surface area contributed by atoms with E-state index in [0.717, 1.165) is 54.1 Å². The van der Waals surface area contributed by atoms with Crippen molar-refractivity contribution >= 4 is 44.4 Å². The number of hydrogen-bond donors (Lipinski definition) is 0. The van der Waals surface area contributed by atoms with Crippen molar-refractivity contribution in [3.63, 3.8) is 0 Å². The van der Waals surface area contributed by atoms with Crippen molar-refractivity contribution in [2.24, 2.45) is 0 Å². The number of aromatic nitrogens is 1. The van der Waals surface area contributed by atoms with E-state index in [-0.39, 0.29) is 11.4 Å². The van der Waals surface area contributed by atoms with E-state index < -0.39 is 11.6 Å². The fourth-order valence-corrected chi connectivity index (χ4v) is 5.33. The van der Waals surface area contributed by atoms with Crippen LogP contribution in [-0.2, 0) is 4.74 Å². The molecule has 32 heavy (non-hydrogen) atoms. The molecule has 5 nitrogen and oxygen atoms in total. The summed E-state index contributed by atoms with van der Waals surface area (Å²) in [6.07, 6.45) is 0.738. The van der Waals surface area contributed by atoms with Gasteiger partial charge in [0.25, 0.3) is 5.91 Å². The largest absolute Gasteiger partial charge is 0.379 e. The Bertz CT molecular complexity index is 1070. The predicted octanol–water partition coefficient (Wildman–Crippen LogP) is 5.06. The van der Waals surface area contributed by atoms with Crippen molar-refractivity contribution in [3.05, 3.63) is 53.6 Å². The molecule has 0 spiro atoms. The average Bonchev–Trinajstić information content (AvgIpc) is 3.22. The third kappa shape index (κ3) is 5.46. The number of ether oxygens (including phenoxy) is 1. The number of hydrogen-bond acceptors (Lipinski definition) is 6. The Morgan fingerprint density at radius 2 is 1.97 bits per heavy atom. The highest BCUT2D eigenvalue weighted by Gasteiger charge is 2.23. The minimum atomic E-state index is -0.718. The fraction of sp³-hybridized carbons (Fsp3) is 0.391. The van der Waals surface area contributed by atoms with Crippen molar-refractivity contribution in [2.75, 3.05) is 50.0 Å². The second-order valence-corrected chi connectivity index (χ2v) is 9.80. The smallest absolute Gasteiger partial charge is 0.260 e. The van der Waals surface area contributed by atoms with Gasteiger partial charge in [-0.15, -0.1) is 11.8 Å². The molecule has 170 valence electrons. The number of carbonyl (C=O) groups is 1. The van der Waals surface area contributed by atoms with Gasteiger partial charge in [-0.1, -0.05) is 18.3 Å². The third-order valence-electron chi connectivity index (χ3n) is 5.25. The Kier molecular flexibility index (Phi) is 7.72. The second-order valence-electron chi connectivity index (χ2n) is 7.45. The van der Waals surface area contributed by atoms with Crippen LogP contribution in [-0.4, -0.2) is 60.9 Å². The summed E-state index contributed by atoms with van der Waals surface area (Å²) in [4.78, 5) is 22.8. The topological polar surface area (TPSA) is 45.7 Å². The van der Waals surface area contributed by atoms with Crippen LogP contribution in [0.25, 0.3) is 10.2 Å². The Balaban J connectivity index is 1.58. The molecule has 0 bridgehead atoms. The number of fused-ring (bicyclic) bond motifs is 1. The van der Waals surface area contributed by atoms with E-state index in [9.17, 15) is 13.6 Å². The quantitative estimate of drug-likeness (QED) is 0.425. The van der Waals surface area contributed by atoms with Gasteiger partial charge in [0.1, 0.15) is 11.3 Å². The summed E-state index contributed by atoms with van der Waals surface area (Å²) in [5.41, 5.74) is 0.634. The maximum atomic E-state index is 14.2. The van der Waals surface area contributed by atoms with Crippen LogP contribution in [0.2, 0.25) is 0 Å². The highest BCUT2D eigenvalue weighted by molar-refractivity contribution is 7.99. The van der Waals surface area contributed by atoms with E-state index >= 15 is 0 Å². The number of halogens is 2. The van der Waals surface area contributed by atoms with Gasteiger partial charge in [0.05, 0.1) is 17.9 Å². The minimum absolute atomic E-state index is 0.0899. The second kappa shape index (κ2) is 10.7. The molecule has 2 aromatic carbocycles. The van der Waals surface area contributed by atoms with E-state index in [4.69, 9.17) is 4.74 Å². The zero-order chi connectivity index (χ0) is 22.5. The van der Waals surface area contributed by atoms with Crippen LogP contribution in [0.1, 0.15) is 23.7 Å². The van der Waals surface area contributed by atoms with Gasteiger partial charge in [-0.3, -0.25) is 14.6 Å². The summed E-state index contributed by atoms with van der Waals surface area (Å²) in [5.74, 6) is -0.613. The third-order valence-corrected chi connectivity index (χ3v) is 7.17. The molecule has 4 rings (SSSR count). The van der Waals surface area contributed by atoms with Crippen LogP contribution < -0.4 is 4.90 Å². The molecule has 1 aliphatic rings. The van der Waals surface area contributed by atoms with Crippen LogP contribution >= 0.6 is 23.1 Å². The summed E-state index contributed by atoms with van der Waals surface area (Å²) >= 11 is 2.84. The van der Waals surface area contributed by atoms with Crippen molar-refractivity contribution in [2.45, 2.75) is 18.2 Å². The van der Waals surface area contributed by atoms with E-state index in [1.165, 1.54) is 6.07 Å². The SMILES string of the molecule is CCSc1ccc(C(=O)N(CCCN2CCOCC2)c2nc3c(F)cc(F)cc3s2)cc1. The Morgan fingerprint density at radius 3 is 2.69 bits per heavy atom. The number of amides is 1. The number of morpholine rings is 1.